The maximum atomic E-state index is 9.58. The highest BCUT2D eigenvalue weighted by molar-refractivity contribution is 9.10. The van der Waals surface area contributed by atoms with Gasteiger partial charge in [0.2, 0.25) is 0 Å². The monoisotopic (exact) mass is 314 g/mol. The molecule has 0 aliphatic carbocycles. The lowest BCUT2D eigenvalue weighted by Gasteiger charge is -2.18. The van der Waals surface area contributed by atoms with Crippen molar-refractivity contribution in [2.45, 2.75) is 44.9 Å². The van der Waals surface area contributed by atoms with E-state index in [9.17, 15) is 5.11 Å². The summed E-state index contributed by atoms with van der Waals surface area (Å²) < 4.78 is 6.38. The van der Waals surface area contributed by atoms with E-state index in [0.717, 1.165) is 28.6 Å². The third-order valence-electron chi connectivity index (χ3n) is 3.27. The molecule has 18 heavy (non-hydrogen) atoms. The Morgan fingerprint density at radius 3 is 2.67 bits per heavy atom. The predicted octanol–water partition coefficient (Wildman–Crippen LogP) is 4.50. The quantitative estimate of drug-likeness (QED) is 0.716. The zero-order valence-electron chi connectivity index (χ0n) is 11.3. The Morgan fingerprint density at radius 2 is 2.06 bits per heavy atom. The summed E-state index contributed by atoms with van der Waals surface area (Å²) in [5, 5.41) is 9.58. The lowest BCUT2D eigenvalue weighted by Crippen LogP contribution is -2.06. The Morgan fingerprint density at radius 1 is 1.28 bits per heavy atom. The van der Waals surface area contributed by atoms with Crippen LogP contribution in [0.4, 0.5) is 0 Å². The summed E-state index contributed by atoms with van der Waals surface area (Å²) in [5.41, 5.74) is 1.10. The van der Waals surface area contributed by atoms with Gasteiger partial charge in [-0.25, -0.2) is 0 Å². The van der Waals surface area contributed by atoms with Crippen molar-refractivity contribution in [1.29, 1.82) is 0 Å². The maximum absolute atomic E-state index is 9.58. The molecule has 0 spiro atoms. The fourth-order valence-electron chi connectivity index (χ4n) is 2.23. The molecule has 0 radical (unpaired) electrons. The average molecular weight is 315 g/mol. The van der Waals surface area contributed by atoms with Crippen LogP contribution in [0.1, 0.15) is 50.5 Å². The van der Waals surface area contributed by atoms with E-state index in [0.29, 0.717) is 0 Å². The van der Waals surface area contributed by atoms with E-state index in [-0.39, 0.29) is 12.5 Å². The van der Waals surface area contributed by atoms with Gasteiger partial charge < -0.3 is 9.84 Å². The third kappa shape index (κ3) is 4.29. The van der Waals surface area contributed by atoms with Crippen molar-refractivity contribution in [3.8, 4) is 5.75 Å². The second kappa shape index (κ2) is 8.54. The Kier molecular flexibility index (Phi) is 7.36. The number of hydrogen-bond donors (Lipinski definition) is 1. The number of aliphatic hydroxyl groups excluding tert-OH is 1. The zero-order chi connectivity index (χ0) is 13.4. The molecule has 2 nitrogen and oxygen atoms in total. The lowest BCUT2D eigenvalue weighted by atomic mass is 9.93. The van der Waals surface area contributed by atoms with Crippen LogP contribution >= 0.6 is 15.9 Å². The molecule has 3 heteroatoms. The molecular weight excluding hydrogens is 292 g/mol. The van der Waals surface area contributed by atoms with E-state index in [1.54, 1.807) is 7.11 Å². The van der Waals surface area contributed by atoms with Crippen LogP contribution < -0.4 is 4.74 Å². The van der Waals surface area contributed by atoms with Gasteiger partial charge >= 0.3 is 0 Å². The third-order valence-corrected chi connectivity index (χ3v) is 3.89. The van der Waals surface area contributed by atoms with E-state index in [2.05, 4.69) is 22.9 Å². The molecule has 0 saturated carbocycles. The van der Waals surface area contributed by atoms with Crippen LogP contribution in [0.3, 0.4) is 0 Å². The number of unbranched alkanes of at least 4 members (excludes halogenated alkanes) is 3. The number of benzene rings is 1. The number of ether oxygens (including phenoxy) is 1. The molecule has 0 aliphatic rings. The van der Waals surface area contributed by atoms with Gasteiger partial charge in [-0.15, -0.1) is 0 Å². The maximum Gasteiger partial charge on any atom is 0.136 e. The van der Waals surface area contributed by atoms with Crippen molar-refractivity contribution < 1.29 is 9.84 Å². The van der Waals surface area contributed by atoms with Crippen molar-refractivity contribution in [2.24, 2.45) is 0 Å². The van der Waals surface area contributed by atoms with Gasteiger partial charge in [-0.2, -0.15) is 0 Å². The van der Waals surface area contributed by atoms with Crippen molar-refractivity contribution in [1.82, 2.24) is 0 Å². The largest absolute Gasteiger partial charge is 0.495 e. The normalized spacial score (nSPS) is 12.4. The van der Waals surface area contributed by atoms with E-state index in [1.165, 1.54) is 19.3 Å². The van der Waals surface area contributed by atoms with E-state index >= 15 is 0 Å². The molecule has 0 fully saturated rings. The van der Waals surface area contributed by atoms with Crippen LogP contribution in [0.25, 0.3) is 0 Å². The summed E-state index contributed by atoms with van der Waals surface area (Å²) in [6.45, 7) is 2.39. The van der Waals surface area contributed by atoms with Gasteiger partial charge in [-0.1, -0.05) is 44.7 Å². The summed E-state index contributed by atoms with van der Waals surface area (Å²) in [4.78, 5) is 0. The average Bonchev–Trinajstić information content (AvgIpc) is 2.39. The number of aliphatic hydroxyl groups is 1. The highest BCUT2D eigenvalue weighted by Crippen LogP contribution is 2.35. The Bertz CT molecular complexity index is 352. The topological polar surface area (TPSA) is 29.5 Å². The first-order chi connectivity index (χ1) is 8.74. The van der Waals surface area contributed by atoms with Gasteiger partial charge in [0.1, 0.15) is 5.75 Å². The first-order valence-corrected chi connectivity index (χ1v) is 7.47. The molecule has 0 saturated heterocycles. The van der Waals surface area contributed by atoms with Crippen molar-refractivity contribution >= 4 is 15.9 Å². The molecule has 0 bridgehead atoms. The predicted molar refractivity (Wildman–Crippen MR) is 79.3 cm³/mol. The minimum Gasteiger partial charge on any atom is -0.495 e. The second-order valence-electron chi connectivity index (χ2n) is 4.59. The van der Waals surface area contributed by atoms with E-state index in [4.69, 9.17) is 4.74 Å². The molecule has 0 amide bonds. The Labute approximate surface area is 118 Å². The smallest absolute Gasteiger partial charge is 0.136 e. The van der Waals surface area contributed by atoms with Crippen LogP contribution in [0.2, 0.25) is 0 Å². The molecule has 1 aromatic rings. The number of halogens is 1. The molecule has 1 unspecified atom stereocenters. The molecule has 0 aromatic heterocycles. The molecule has 0 heterocycles. The number of methoxy groups -OCH3 is 1. The summed E-state index contributed by atoms with van der Waals surface area (Å²) in [7, 11) is 1.68. The fraction of sp³-hybridized carbons (Fsp3) is 0.600. The van der Waals surface area contributed by atoms with Crippen LogP contribution in [0, 0.1) is 0 Å². The highest BCUT2D eigenvalue weighted by Gasteiger charge is 2.16. The lowest BCUT2D eigenvalue weighted by molar-refractivity contribution is 0.253. The Hall–Kier alpha value is -0.540. The molecular formula is C15H23BrO2. The molecule has 0 aliphatic heterocycles. The van der Waals surface area contributed by atoms with Gasteiger partial charge in [-0.05, 0) is 28.4 Å². The zero-order valence-corrected chi connectivity index (χ0v) is 12.9. The summed E-state index contributed by atoms with van der Waals surface area (Å²) in [6, 6.07) is 6.01. The minimum absolute atomic E-state index is 0.175. The number of hydrogen-bond acceptors (Lipinski definition) is 2. The van der Waals surface area contributed by atoms with Crippen LogP contribution in [-0.4, -0.2) is 18.8 Å². The van der Waals surface area contributed by atoms with Gasteiger partial charge in [0, 0.05) is 11.5 Å². The molecule has 102 valence electrons. The highest BCUT2D eigenvalue weighted by atomic mass is 79.9. The molecule has 1 atom stereocenters. The summed E-state index contributed by atoms with van der Waals surface area (Å²) in [6.07, 6.45) is 5.93. The SMILES string of the molecule is CCCCCCC(CO)c1cccc(Br)c1OC. The van der Waals surface area contributed by atoms with Crippen molar-refractivity contribution in [3.63, 3.8) is 0 Å². The minimum atomic E-state index is 0.175. The van der Waals surface area contributed by atoms with Crippen LogP contribution in [0.5, 0.6) is 5.75 Å². The first-order valence-electron chi connectivity index (χ1n) is 6.67. The van der Waals surface area contributed by atoms with Gasteiger partial charge in [0.05, 0.1) is 18.2 Å². The molecule has 1 N–H and O–H groups in total. The van der Waals surface area contributed by atoms with Crippen molar-refractivity contribution in [2.75, 3.05) is 13.7 Å². The summed E-state index contributed by atoms with van der Waals surface area (Å²) >= 11 is 3.49. The van der Waals surface area contributed by atoms with Crippen LogP contribution in [-0.2, 0) is 0 Å². The summed E-state index contributed by atoms with van der Waals surface area (Å²) in [5.74, 6) is 1.03. The first kappa shape index (κ1) is 15.5. The van der Waals surface area contributed by atoms with Crippen molar-refractivity contribution in [3.05, 3.63) is 28.2 Å². The molecule has 1 rings (SSSR count). The Balaban J connectivity index is 2.72. The number of para-hydroxylation sites is 1. The van der Waals surface area contributed by atoms with Crippen LogP contribution in [0.15, 0.2) is 22.7 Å². The van der Waals surface area contributed by atoms with E-state index < -0.39 is 0 Å². The van der Waals surface area contributed by atoms with Gasteiger partial charge in [-0.3, -0.25) is 0 Å². The van der Waals surface area contributed by atoms with E-state index in [1.807, 2.05) is 18.2 Å². The standard InChI is InChI=1S/C15H23BrO2/c1-3-4-5-6-8-12(11-17)13-9-7-10-14(16)15(13)18-2/h7,9-10,12,17H,3-6,8,11H2,1-2H3. The molecule has 1 aromatic carbocycles. The van der Waals surface area contributed by atoms with Gasteiger partial charge in [0.15, 0.2) is 0 Å². The van der Waals surface area contributed by atoms with Gasteiger partial charge in [0.25, 0.3) is 0 Å². The fourth-order valence-corrected chi connectivity index (χ4v) is 2.77. The number of rotatable bonds is 8. The second-order valence-corrected chi connectivity index (χ2v) is 5.45.